The van der Waals surface area contributed by atoms with E-state index in [0.717, 1.165) is 24.1 Å². The van der Waals surface area contributed by atoms with Gasteiger partial charge in [-0.15, -0.1) is 0 Å². The van der Waals surface area contributed by atoms with Gasteiger partial charge in [-0.1, -0.05) is 11.2 Å². The van der Waals surface area contributed by atoms with Crippen LogP contribution < -0.4 is 11.1 Å². The summed E-state index contributed by atoms with van der Waals surface area (Å²) in [6, 6.07) is 7.31. The first-order chi connectivity index (χ1) is 11.5. The van der Waals surface area contributed by atoms with Crippen LogP contribution in [0.5, 0.6) is 0 Å². The quantitative estimate of drug-likeness (QED) is 0.719. The van der Waals surface area contributed by atoms with Crippen molar-refractivity contribution in [3.63, 3.8) is 0 Å². The summed E-state index contributed by atoms with van der Waals surface area (Å²) in [6.45, 7) is 3.74. The lowest BCUT2D eigenvalue weighted by Gasteiger charge is -2.10. The molecule has 1 saturated carbocycles. The van der Waals surface area contributed by atoms with Gasteiger partial charge in [0.25, 0.3) is 11.6 Å². The minimum absolute atomic E-state index is 0.204. The highest BCUT2D eigenvalue weighted by molar-refractivity contribution is 6.12. The lowest BCUT2D eigenvalue weighted by Crippen LogP contribution is -2.14. The minimum atomic E-state index is -0.204. The molecule has 24 heavy (non-hydrogen) atoms. The average Bonchev–Trinajstić information content (AvgIpc) is 3.34. The van der Waals surface area contributed by atoms with Crippen molar-refractivity contribution in [3.8, 4) is 0 Å². The number of fused-ring (bicyclic) bond motifs is 1. The van der Waals surface area contributed by atoms with E-state index < -0.39 is 0 Å². The molecule has 1 amide bonds. The van der Waals surface area contributed by atoms with Crippen LogP contribution in [0.2, 0.25) is 0 Å². The van der Waals surface area contributed by atoms with Crippen LogP contribution in [0.4, 0.5) is 11.4 Å². The van der Waals surface area contributed by atoms with Gasteiger partial charge in [0.1, 0.15) is 0 Å². The number of pyridine rings is 1. The number of rotatable bonds is 3. The summed E-state index contributed by atoms with van der Waals surface area (Å²) in [4.78, 5) is 17.4. The molecule has 2 heterocycles. The molecule has 6 nitrogen and oxygen atoms in total. The van der Waals surface area contributed by atoms with Gasteiger partial charge in [0, 0.05) is 23.0 Å². The number of carbonyl (C=O) groups excluding carboxylic acids is 1. The fourth-order valence-electron chi connectivity index (χ4n) is 2.84. The molecule has 6 heteroatoms. The fraction of sp³-hybridized carbons (Fsp3) is 0.278. The first kappa shape index (κ1) is 14.7. The summed E-state index contributed by atoms with van der Waals surface area (Å²) < 4.78 is 5.29. The van der Waals surface area contributed by atoms with Crippen LogP contribution in [-0.4, -0.2) is 16.0 Å². The minimum Gasteiger partial charge on any atom is -0.399 e. The molecule has 3 N–H and O–H groups in total. The van der Waals surface area contributed by atoms with Gasteiger partial charge >= 0.3 is 0 Å². The van der Waals surface area contributed by atoms with Crippen LogP contribution in [0.25, 0.3) is 11.1 Å². The summed E-state index contributed by atoms with van der Waals surface area (Å²) in [5.41, 5.74) is 10.6. The van der Waals surface area contributed by atoms with Crippen molar-refractivity contribution in [3.05, 3.63) is 46.8 Å². The molecule has 0 spiro atoms. The number of benzene rings is 1. The second-order valence-electron chi connectivity index (χ2n) is 6.35. The van der Waals surface area contributed by atoms with Gasteiger partial charge in [-0.3, -0.25) is 4.79 Å². The third-order valence-electron chi connectivity index (χ3n) is 4.39. The normalized spacial score (nSPS) is 14.1. The van der Waals surface area contributed by atoms with Crippen LogP contribution in [0.3, 0.4) is 0 Å². The van der Waals surface area contributed by atoms with E-state index in [1.807, 2.05) is 32.0 Å². The van der Waals surface area contributed by atoms with Gasteiger partial charge in [0.05, 0.1) is 16.6 Å². The number of hydrogen-bond donors (Lipinski definition) is 2. The Labute approximate surface area is 139 Å². The average molecular weight is 322 g/mol. The van der Waals surface area contributed by atoms with E-state index in [-0.39, 0.29) is 5.91 Å². The van der Waals surface area contributed by atoms with Crippen molar-refractivity contribution in [2.45, 2.75) is 32.6 Å². The second-order valence-corrected chi connectivity index (χ2v) is 6.35. The van der Waals surface area contributed by atoms with Crippen LogP contribution in [0, 0.1) is 13.8 Å². The van der Waals surface area contributed by atoms with Crippen molar-refractivity contribution in [1.82, 2.24) is 10.1 Å². The van der Waals surface area contributed by atoms with E-state index >= 15 is 0 Å². The highest BCUT2D eigenvalue weighted by Gasteiger charge is 2.28. The summed E-state index contributed by atoms with van der Waals surface area (Å²) in [5.74, 6) is 0.213. The Morgan fingerprint density at radius 1 is 1.29 bits per heavy atom. The number of aryl methyl sites for hydroxylation is 2. The van der Waals surface area contributed by atoms with Crippen LogP contribution in [0.15, 0.2) is 28.8 Å². The molecule has 2 aromatic heterocycles. The zero-order chi connectivity index (χ0) is 16.8. The van der Waals surface area contributed by atoms with Gasteiger partial charge in [-0.05, 0) is 50.5 Å². The molecular weight excluding hydrogens is 304 g/mol. The molecule has 0 radical (unpaired) electrons. The van der Waals surface area contributed by atoms with Gasteiger partial charge in [0.2, 0.25) is 0 Å². The maximum atomic E-state index is 12.9. The first-order valence-corrected chi connectivity index (χ1v) is 7.97. The molecule has 4 rings (SSSR count). The predicted molar refractivity (Wildman–Crippen MR) is 92.1 cm³/mol. The lowest BCUT2D eigenvalue weighted by molar-refractivity contribution is 0.102. The third kappa shape index (κ3) is 2.50. The molecule has 0 aliphatic heterocycles. The van der Waals surface area contributed by atoms with Crippen molar-refractivity contribution in [1.29, 1.82) is 0 Å². The Hall–Kier alpha value is -2.89. The highest BCUT2D eigenvalue weighted by Crippen LogP contribution is 2.40. The van der Waals surface area contributed by atoms with Crippen molar-refractivity contribution in [2.75, 3.05) is 11.1 Å². The molecule has 122 valence electrons. The van der Waals surface area contributed by atoms with Crippen molar-refractivity contribution >= 4 is 28.4 Å². The lowest BCUT2D eigenvalue weighted by atomic mass is 10.1. The fourth-order valence-corrected chi connectivity index (χ4v) is 2.84. The highest BCUT2D eigenvalue weighted by atomic mass is 16.5. The zero-order valence-electron chi connectivity index (χ0n) is 13.6. The Bertz CT molecular complexity index is 957. The molecular formula is C18H18N4O2. The van der Waals surface area contributed by atoms with Crippen molar-refractivity contribution < 1.29 is 9.32 Å². The number of aromatic nitrogens is 2. The number of carbonyl (C=O) groups is 1. The Kier molecular flexibility index (Phi) is 3.26. The van der Waals surface area contributed by atoms with Crippen LogP contribution in [0.1, 0.15) is 46.1 Å². The van der Waals surface area contributed by atoms with E-state index in [4.69, 9.17) is 10.3 Å². The van der Waals surface area contributed by atoms with E-state index in [2.05, 4.69) is 15.5 Å². The number of amides is 1. The standard InChI is InChI=1S/C18H18N4O2/c1-9-3-6-12(19)7-14(9)20-17(23)13-8-15(11-4-5-11)21-18-16(13)10(2)22-24-18/h3,6-8,11H,4-5,19H2,1-2H3,(H,20,23). The zero-order valence-corrected chi connectivity index (χ0v) is 13.6. The molecule has 1 aromatic carbocycles. The van der Waals surface area contributed by atoms with Gasteiger partial charge in [0.15, 0.2) is 0 Å². The molecule has 0 atom stereocenters. The largest absolute Gasteiger partial charge is 0.399 e. The van der Waals surface area contributed by atoms with E-state index in [1.54, 1.807) is 6.07 Å². The molecule has 1 fully saturated rings. The predicted octanol–water partition coefficient (Wildman–Crippen LogP) is 3.55. The van der Waals surface area contributed by atoms with Gasteiger partial charge in [-0.2, -0.15) is 0 Å². The second kappa shape index (κ2) is 5.33. The van der Waals surface area contributed by atoms with Crippen LogP contribution in [-0.2, 0) is 0 Å². The molecule has 0 unspecified atom stereocenters. The summed E-state index contributed by atoms with van der Waals surface area (Å²) in [5, 5.41) is 7.57. The number of nitrogen functional groups attached to an aromatic ring is 1. The van der Waals surface area contributed by atoms with Crippen molar-refractivity contribution in [2.24, 2.45) is 0 Å². The first-order valence-electron chi connectivity index (χ1n) is 7.97. The van der Waals surface area contributed by atoms with Crippen LogP contribution >= 0.6 is 0 Å². The molecule has 1 aliphatic carbocycles. The summed E-state index contributed by atoms with van der Waals surface area (Å²) in [6.07, 6.45) is 2.20. The maximum absolute atomic E-state index is 12.9. The third-order valence-corrected chi connectivity index (χ3v) is 4.39. The van der Waals surface area contributed by atoms with Gasteiger partial charge < -0.3 is 15.6 Å². The summed E-state index contributed by atoms with van der Waals surface area (Å²) in [7, 11) is 0. The molecule has 1 aliphatic rings. The Morgan fingerprint density at radius 3 is 2.83 bits per heavy atom. The number of nitrogens with one attached hydrogen (secondary N) is 1. The monoisotopic (exact) mass is 322 g/mol. The number of nitrogens with zero attached hydrogens (tertiary/aromatic N) is 2. The van der Waals surface area contributed by atoms with E-state index in [0.29, 0.717) is 39.6 Å². The topological polar surface area (TPSA) is 94.0 Å². The molecule has 0 bridgehead atoms. The molecule has 3 aromatic rings. The smallest absolute Gasteiger partial charge is 0.259 e. The Morgan fingerprint density at radius 2 is 2.08 bits per heavy atom. The SMILES string of the molecule is Cc1ccc(N)cc1NC(=O)c1cc(C2CC2)nc2onc(C)c12. The Balaban J connectivity index is 1.78. The maximum Gasteiger partial charge on any atom is 0.259 e. The number of anilines is 2. The number of hydrogen-bond acceptors (Lipinski definition) is 5. The van der Waals surface area contributed by atoms with E-state index in [9.17, 15) is 4.79 Å². The molecule has 0 saturated heterocycles. The number of nitrogens with two attached hydrogens (primary N) is 1. The van der Waals surface area contributed by atoms with E-state index in [1.165, 1.54) is 0 Å². The van der Waals surface area contributed by atoms with Gasteiger partial charge in [-0.25, -0.2) is 4.98 Å². The summed E-state index contributed by atoms with van der Waals surface area (Å²) >= 11 is 0.